The molecule has 2 aromatic carbocycles. The molecular formula is C16H14ClN3O5. The summed E-state index contributed by atoms with van der Waals surface area (Å²) in [6, 6.07) is 11.4. The van der Waals surface area contributed by atoms with Gasteiger partial charge >= 0.3 is 12.0 Å². The summed E-state index contributed by atoms with van der Waals surface area (Å²) in [7, 11) is 0. The fourth-order valence-corrected chi connectivity index (χ4v) is 2.27. The Balaban J connectivity index is 2.13. The van der Waals surface area contributed by atoms with E-state index in [4.69, 9.17) is 16.7 Å². The Morgan fingerprint density at radius 2 is 1.88 bits per heavy atom. The highest BCUT2D eigenvalue weighted by Gasteiger charge is 2.18. The Morgan fingerprint density at radius 3 is 2.44 bits per heavy atom. The molecule has 0 saturated heterocycles. The zero-order valence-electron chi connectivity index (χ0n) is 12.9. The van der Waals surface area contributed by atoms with Crippen LogP contribution < -0.4 is 5.32 Å². The maximum absolute atomic E-state index is 12.3. The largest absolute Gasteiger partial charge is 0.480 e. The molecule has 0 fully saturated rings. The number of aliphatic carboxylic acids is 1. The quantitative estimate of drug-likeness (QED) is 0.603. The monoisotopic (exact) mass is 363 g/mol. The number of nitro groups is 1. The highest BCUT2D eigenvalue weighted by Crippen LogP contribution is 2.17. The molecule has 25 heavy (non-hydrogen) atoms. The molecule has 8 nitrogen and oxygen atoms in total. The number of carbonyl (C=O) groups excluding carboxylic acids is 1. The number of nitrogens with one attached hydrogen (secondary N) is 1. The third kappa shape index (κ3) is 5.47. The predicted molar refractivity (Wildman–Crippen MR) is 91.6 cm³/mol. The first-order valence-electron chi connectivity index (χ1n) is 7.12. The van der Waals surface area contributed by atoms with Crippen LogP contribution in [0.2, 0.25) is 5.02 Å². The minimum absolute atomic E-state index is 0.0172. The second kappa shape index (κ2) is 8.11. The number of amides is 2. The van der Waals surface area contributed by atoms with Crippen molar-refractivity contribution in [3.05, 3.63) is 69.2 Å². The summed E-state index contributed by atoms with van der Waals surface area (Å²) in [4.78, 5) is 34.6. The van der Waals surface area contributed by atoms with Crippen molar-refractivity contribution in [3.8, 4) is 0 Å². The van der Waals surface area contributed by atoms with Crippen LogP contribution in [0.5, 0.6) is 0 Å². The van der Waals surface area contributed by atoms with Gasteiger partial charge in [-0.05, 0) is 23.8 Å². The first kappa shape index (κ1) is 18.2. The summed E-state index contributed by atoms with van der Waals surface area (Å²) in [6.45, 7) is -0.542. The van der Waals surface area contributed by atoms with Gasteiger partial charge in [-0.15, -0.1) is 0 Å². The first-order chi connectivity index (χ1) is 11.8. The van der Waals surface area contributed by atoms with E-state index in [1.807, 2.05) is 0 Å². The van der Waals surface area contributed by atoms with Gasteiger partial charge < -0.3 is 15.3 Å². The number of benzene rings is 2. The molecule has 2 rings (SSSR count). The van der Waals surface area contributed by atoms with Gasteiger partial charge in [0.1, 0.15) is 6.54 Å². The van der Waals surface area contributed by atoms with Gasteiger partial charge in [0, 0.05) is 29.4 Å². The number of rotatable bonds is 6. The zero-order valence-corrected chi connectivity index (χ0v) is 13.6. The fraction of sp³-hybridized carbons (Fsp3) is 0.125. The molecule has 2 aromatic rings. The molecule has 0 aromatic heterocycles. The maximum atomic E-state index is 12.3. The molecular weight excluding hydrogens is 350 g/mol. The predicted octanol–water partition coefficient (Wildman–Crippen LogP) is 3.37. The highest BCUT2D eigenvalue weighted by atomic mass is 35.5. The van der Waals surface area contributed by atoms with Crippen LogP contribution in [0, 0.1) is 10.1 Å². The van der Waals surface area contributed by atoms with Crippen LogP contribution in [0.15, 0.2) is 48.5 Å². The van der Waals surface area contributed by atoms with Crippen molar-refractivity contribution >= 4 is 35.0 Å². The van der Waals surface area contributed by atoms with Gasteiger partial charge in [0.2, 0.25) is 0 Å². The second-order valence-electron chi connectivity index (χ2n) is 5.11. The minimum atomic E-state index is -1.18. The smallest absolute Gasteiger partial charge is 0.323 e. The third-order valence-electron chi connectivity index (χ3n) is 3.21. The molecule has 0 aliphatic carbocycles. The van der Waals surface area contributed by atoms with E-state index in [9.17, 15) is 19.7 Å². The standard InChI is InChI=1S/C16H14ClN3O5/c17-12-2-1-3-13(8-12)18-16(23)19(10-15(21)22)9-11-4-6-14(7-5-11)20(24)25/h1-8H,9-10H2,(H,18,23)(H,21,22). The van der Waals surface area contributed by atoms with E-state index in [1.54, 1.807) is 18.2 Å². The van der Waals surface area contributed by atoms with Crippen LogP contribution in [0.25, 0.3) is 0 Å². The van der Waals surface area contributed by atoms with Crippen molar-refractivity contribution in [2.75, 3.05) is 11.9 Å². The molecule has 0 atom stereocenters. The van der Waals surface area contributed by atoms with Crippen molar-refractivity contribution in [3.63, 3.8) is 0 Å². The molecule has 0 aliphatic heterocycles. The van der Waals surface area contributed by atoms with Crippen LogP contribution in [0.3, 0.4) is 0 Å². The van der Waals surface area contributed by atoms with E-state index in [0.29, 0.717) is 16.3 Å². The normalized spacial score (nSPS) is 10.1. The average Bonchev–Trinajstić information content (AvgIpc) is 2.54. The topological polar surface area (TPSA) is 113 Å². The summed E-state index contributed by atoms with van der Waals surface area (Å²) in [6.07, 6.45) is 0. The van der Waals surface area contributed by atoms with Crippen molar-refractivity contribution < 1.29 is 19.6 Å². The number of nitrogens with zero attached hydrogens (tertiary/aromatic N) is 2. The number of hydrogen-bond acceptors (Lipinski definition) is 4. The van der Waals surface area contributed by atoms with Gasteiger partial charge in [-0.2, -0.15) is 0 Å². The summed E-state index contributed by atoms with van der Waals surface area (Å²) >= 11 is 5.85. The Kier molecular flexibility index (Phi) is 5.91. The van der Waals surface area contributed by atoms with Gasteiger partial charge in [0.15, 0.2) is 0 Å². The van der Waals surface area contributed by atoms with E-state index < -0.39 is 23.5 Å². The number of urea groups is 1. The summed E-state index contributed by atoms with van der Waals surface area (Å²) < 4.78 is 0. The highest BCUT2D eigenvalue weighted by molar-refractivity contribution is 6.30. The van der Waals surface area contributed by atoms with Crippen molar-refractivity contribution in [2.45, 2.75) is 6.54 Å². The maximum Gasteiger partial charge on any atom is 0.323 e. The Hall–Kier alpha value is -3.13. The molecule has 0 radical (unpaired) electrons. The van der Waals surface area contributed by atoms with Crippen molar-refractivity contribution in [1.82, 2.24) is 4.90 Å². The summed E-state index contributed by atoms with van der Waals surface area (Å²) in [5, 5.41) is 22.7. The molecule has 0 spiro atoms. The van der Waals surface area contributed by atoms with Crippen LogP contribution in [0.1, 0.15) is 5.56 Å². The molecule has 2 N–H and O–H groups in total. The molecule has 0 aliphatic rings. The summed E-state index contributed by atoms with van der Waals surface area (Å²) in [5.41, 5.74) is 0.904. The van der Waals surface area contributed by atoms with Crippen molar-refractivity contribution in [1.29, 1.82) is 0 Å². The van der Waals surface area contributed by atoms with Gasteiger partial charge in [-0.25, -0.2) is 4.79 Å². The second-order valence-corrected chi connectivity index (χ2v) is 5.55. The SMILES string of the molecule is O=C(O)CN(Cc1ccc([N+](=O)[O-])cc1)C(=O)Nc1cccc(Cl)c1. The Labute approximate surface area is 147 Å². The lowest BCUT2D eigenvalue weighted by Crippen LogP contribution is -2.38. The van der Waals surface area contributed by atoms with Crippen LogP contribution >= 0.6 is 11.6 Å². The lowest BCUT2D eigenvalue weighted by molar-refractivity contribution is -0.384. The van der Waals surface area contributed by atoms with Crippen molar-refractivity contribution in [2.24, 2.45) is 0 Å². The van der Waals surface area contributed by atoms with Crippen LogP contribution in [-0.4, -0.2) is 33.5 Å². The van der Waals surface area contributed by atoms with Gasteiger partial charge in [-0.3, -0.25) is 14.9 Å². The number of non-ortho nitro benzene ring substituents is 1. The van der Waals surface area contributed by atoms with Crippen LogP contribution in [0.4, 0.5) is 16.2 Å². The molecule has 0 bridgehead atoms. The van der Waals surface area contributed by atoms with E-state index in [1.165, 1.54) is 30.3 Å². The number of halogens is 1. The van der Waals surface area contributed by atoms with Gasteiger partial charge in [-0.1, -0.05) is 29.8 Å². The van der Waals surface area contributed by atoms with Gasteiger partial charge in [0.05, 0.1) is 4.92 Å². The number of carboxylic acids is 1. The third-order valence-corrected chi connectivity index (χ3v) is 3.44. The first-order valence-corrected chi connectivity index (χ1v) is 7.49. The van der Waals surface area contributed by atoms with E-state index in [2.05, 4.69) is 5.32 Å². The fourth-order valence-electron chi connectivity index (χ4n) is 2.08. The number of nitro benzene ring substituents is 1. The number of hydrogen-bond donors (Lipinski definition) is 2. The van der Waals surface area contributed by atoms with Crippen LogP contribution in [-0.2, 0) is 11.3 Å². The van der Waals surface area contributed by atoms with E-state index in [-0.39, 0.29) is 12.2 Å². The Bertz CT molecular complexity index is 795. The lowest BCUT2D eigenvalue weighted by atomic mass is 10.2. The summed E-state index contributed by atoms with van der Waals surface area (Å²) in [5.74, 6) is -1.18. The minimum Gasteiger partial charge on any atom is -0.480 e. The Morgan fingerprint density at radius 1 is 1.20 bits per heavy atom. The molecule has 0 heterocycles. The molecule has 0 unspecified atom stereocenters. The average molecular weight is 364 g/mol. The zero-order chi connectivity index (χ0) is 18.4. The molecule has 9 heteroatoms. The lowest BCUT2D eigenvalue weighted by Gasteiger charge is -2.21. The molecule has 130 valence electrons. The number of anilines is 1. The molecule has 2 amide bonds. The van der Waals surface area contributed by atoms with E-state index in [0.717, 1.165) is 4.90 Å². The number of carbonyl (C=O) groups is 2. The van der Waals surface area contributed by atoms with Gasteiger partial charge in [0.25, 0.3) is 5.69 Å². The molecule has 0 saturated carbocycles. The number of carboxylic acid groups (broad SMARTS) is 1. The van der Waals surface area contributed by atoms with E-state index >= 15 is 0 Å².